The fourth-order valence-corrected chi connectivity index (χ4v) is 4.52. The van der Waals surface area contributed by atoms with Gasteiger partial charge in [0.05, 0.1) is 4.90 Å². The second kappa shape index (κ2) is 6.83. The first-order chi connectivity index (χ1) is 9.25. The van der Waals surface area contributed by atoms with E-state index >= 15 is 0 Å². The van der Waals surface area contributed by atoms with Gasteiger partial charge in [0.25, 0.3) is 0 Å². The van der Waals surface area contributed by atoms with Gasteiger partial charge in [-0.2, -0.15) is 16.1 Å². The number of sulfonamides is 1. The molecular formula is C14H24N2O2S2. The third-order valence-electron chi connectivity index (χ3n) is 3.70. The lowest BCUT2D eigenvalue weighted by molar-refractivity contribution is 0.385. The third-order valence-corrected chi connectivity index (χ3v) is 6.31. The number of aryl methyl sites for hydroxylation is 1. The molecule has 1 aromatic carbocycles. The van der Waals surface area contributed by atoms with E-state index in [9.17, 15) is 8.42 Å². The van der Waals surface area contributed by atoms with Crippen molar-refractivity contribution in [2.75, 3.05) is 24.8 Å². The van der Waals surface area contributed by atoms with Gasteiger partial charge in [-0.15, -0.1) is 0 Å². The molecule has 1 unspecified atom stereocenters. The normalized spacial score (nSPS) is 13.7. The predicted molar refractivity (Wildman–Crippen MR) is 87.7 cm³/mol. The maximum absolute atomic E-state index is 12.7. The molecule has 1 atom stereocenters. The lowest BCUT2D eigenvalue weighted by Crippen LogP contribution is -2.38. The molecule has 0 spiro atoms. The van der Waals surface area contributed by atoms with Gasteiger partial charge in [0, 0.05) is 24.5 Å². The Morgan fingerprint density at radius 3 is 2.40 bits per heavy atom. The summed E-state index contributed by atoms with van der Waals surface area (Å²) in [7, 11) is -1.85. The average molecular weight is 316 g/mol. The van der Waals surface area contributed by atoms with Crippen molar-refractivity contribution in [3.05, 3.63) is 23.3 Å². The molecule has 0 saturated carbocycles. The summed E-state index contributed by atoms with van der Waals surface area (Å²) in [6, 6.07) is 3.25. The van der Waals surface area contributed by atoms with Crippen LogP contribution in [-0.2, 0) is 10.0 Å². The first-order valence-electron chi connectivity index (χ1n) is 6.59. The first-order valence-corrected chi connectivity index (χ1v) is 9.42. The van der Waals surface area contributed by atoms with Gasteiger partial charge >= 0.3 is 0 Å². The van der Waals surface area contributed by atoms with Crippen LogP contribution in [0.1, 0.15) is 24.5 Å². The Kier molecular flexibility index (Phi) is 5.91. The zero-order valence-corrected chi connectivity index (χ0v) is 14.4. The van der Waals surface area contributed by atoms with Crippen molar-refractivity contribution in [3.8, 4) is 0 Å². The molecule has 0 aliphatic carbocycles. The summed E-state index contributed by atoms with van der Waals surface area (Å²) in [5, 5.41) is 0. The Labute approximate surface area is 126 Å². The third kappa shape index (κ3) is 3.48. The highest BCUT2D eigenvalue weighted by Gasteiger charge is 2.27. The summed E-state index contributed by atoms with van der Waals surface area (Å²) in [5.41, 5.74) is 8.25. The molecule has 1 rings (SSSR count). The standard InChI is InChI=1S/C14H24N2O2S2/c1-6-12(9-19-5)16(4)20(17,18)13-7-10(2)11(3)14(15)8-13/h7-8,12H,6,9,15H2,1-5H3. The molecule has 0 amide bonds. The summed E-state index contributed by atoms with van der Waals surface area (Å²) < 4.78 is 26.8. The maximum Gasteiger partial charge on any atom is 0.243 e. The Hall–Kier alpha value is -0.720. The molecule has 0 aromatic heterocycles. The van der Waals surface area contributed by atoms with E-state index in [1.54, 1.807) is 30.9 Å². The number of anilines is 1. The molecule has 0 aliphatic heterocycles. The van der Waals surface area contributed by atoms with Crippen LogP contribution in [0.2, 0.25) is 0 Å². The first kappa shape index (κ1) is 17.3. The molecule has 114 valence electrons. The quantitative estimate of drug-likeness (QED) is 0.820. The minimum Gasteiger partial charge on any atom is -0.398 e. The molecule has 0 bridgehead atoms. The van der Waals surface area contributed by atoms with Crippen molar-refractivity contribution < 1.29 is 8.42 Å². The lowest BCUT2D eigenvalue weighted by atomic mass is 10.1. The Morgan fingerprint density at radius 2 is 1.95 bits per heavy atom. The van der Waals surface area contributed by atoms with Crippen LogP contribution in [0.3, 0.4) is 0 Å². The molecule has 2 N–H and O–H groups in total. The fourth-order valence-electron chi connectivity index (χ4n) is 2.04. The zero-order valence-electron chi connectivity index (χ0n) is 12.8. The SMILES string of the molecule is CCC(CSC)N(C)S(=O)(=O)c1cc(C)c(C)c(N)c1. The summed E-state index contributed by atoms with van der Waals surface area (Å²) in [5.74, 6) is 0.784. The second-order valence-corrected chi connectivity index (χ2v) is 7.90. The largest absolute Gasteiger partial charge is 0.398 e. The van der Waals surface area contributed by atoms with Gasteiger partial charge in [-0.1, -0.05) is 6.92 Å². The van der Waals surface area contributed by atoms with Crippen LogP contribution < -0.4 is 5.73 Å². The molecule has 4 nitrogen and oxygen atoms in total. The average Bonchev–Trinajstić information content (AvgIpc) is 2.40. The fraction of sp³-hybridized carbons (Fsp3) is 0.571. The predicted octanol–water partition coefficient (Wildman–Crippen LogP) is 2.65. The van der Waals surface area contributed by atoms with Crippen molar-refractivity contribution in [1.29, 1.82) is 0 Å². The second-order valence-electron chi connectivity index (χ2n) is 4.99. The molecule has 0 radical (unpaired) electrons. The highest BCUT2D eigenvalue weighted by Crippen LogP contribution is 2.25. The molecule has 6 heteroatoms. The van der Waals surface area contributed by atoms with Gasteiger partial charge < -0.3 is 5.73 Å². The number of nitrogen functional groups attached to an aromatic ring is 1. The van der Waals surface area contributed by atoms with E-state index in [0.717, 1.165) is 23.3 Å². The Balaban J connectivity index is 3.22. The van der Waals surface area contributed by atoms with Crippen molar-refractivity contribution in [2.24, 2.45) is 0 Å². The van der Waals surface area contributed by atoms with E-state index < -0.39 is 10.0 Å². The molecule has 1 aromatic rings. The van der Waals surface area contributed by atoms with E-state index in [1.165, 1.54) is 4.31 Å². The molecule has 20 heavy (non-hydrogen) atoms. The Bertz CT molecular complexity index is 548. The topological polar surface area (TPSA) is 63.4 Å². The van der Waals surface area contributed by atoms with Gasteiger partial charge in [0.1, 0.15) is 0 Å². The number of hydrogen-bond acceptors (Lipinski definition) is 4. The van der Waals surface area contributed by atoms with Gasteiger partial charge in [-0.3, -0.25) is 0 Å². The minimum atomic E-state index is -3.49. The molecule has 0 fully saturated rings. The van der Waals surface area contributed by atoms with E-state index in [0.29, 0.717) is 5.69 Å². The van der Waals surface area contributed by atoms with Crippen molar-refractivity contribution in [1.82, 2.24) is 4.31 Å². The van der Waals surface area contributed by atoms with Crippen molar-refractivity contribution in [2.45, 2.75) is 38.1 Å². The van der Waals surface area contributed by atoms with Gasteiger partial charge in [0.15, 0.2) is 0 Å². The molecular weight excluding hydrogens is 292 g/mol. The summed E-state index contributed by atoms with van der Waals surface area (Å²) in [4.78, 5) is 0.278. The van der Waals surface area contributed by atoms with E-state index in [1.807, 2.05) is 27.0 Å². The smallest absolute Gasteiger partial charge is 0.243 e. The van der Waals surface area contributed by atoms with Crippen LogP contribution in [0.5, 0.6) is 0 Å². The Morgan fingerprint density at radius 1 is 1.35 bits per heavy atom. The zero-order chi connectivity index (χ0) is 15.5. The van der Waals surface area contributed by atoms with E-state index in [-0.39, 0.29) is 10.9 Å². The summed E-state index contributed by atoms with van der Waals surface area (Å²) in [6.07, 6.45) is 2.77. The molecule has 0 heterocycles. The lowest BCUT2D eigenvalue weighted by Gasteiger charge is -2.26. The van der Waals surface area contributed by atoms with E-state index in [4.69, 9.17) is 5.73 Å². The van der Waals surface area contributed by atoms with Crippen LogP contribution in [0, 0.1) is 13.8 Å². The molecule has 0 aliphatic rings. The van der Waals surface area contributed by atoms with Crippen LogP contribution in [0.15, 0.2) is 17.0 Å². The number of nitrogens with two attached hydrogens (primary N) is 1. The summed E-state index contributed by atoms with van der Waals surface area (Å²) in [6.45, 7) is 5.78. The number of rotatable bonds is 6. The van der Waals surface area contributed by atoms with Crippen molar-refractivity contribution in [3.63, 3.8) is 0 Å². The number of nitrogens with zero attached hydrogens (tertiary/aromatic N) is 1. The van der Waals surface area contributed by atoms with Gasteiger partial charge in [-0.25, -0.2) is 8.42 Å². The van der Waals surface area contributed by atoms with Gasteiger partial charge in [0.2, 0.25) is 10.0 Å². The highest BCUT2D eigenvalue weighted by atomic mass is 32.2. The van der Waals surface area contributed by atoms with Gasteiger partial charge in [-0.05, 0) is 49.8 Å². The van der Waals surface area contributed by atoms with Crippen LogP contribution in [0.25, 0.3) is 0 Å². The minimum absolute atomic E-state index is 0.00201. The summed E-state index contributed by atoms with van der Waals surface area (Å²) >= 11 is 1.65. The van der Waals surface area contributed by atoms with Crippen LogP contribution in [-0.4, -0.2) is 37.8 Å². The van der Waals surface area contributed by atoms with Crippen LogP contribution >= 0.6 is 11.8 Å². The van der Waals surface area contributed by atoms with E-state index in [2.05, 4.69) is 0 Å². The van der Waals surface area contributed by atoms with Crippen LogP contribution in [0.4, 0.5) is 5.69 Å². The number of thioether (sulfide) groups is 1. The number of benzene rings is 1. The number of hydrogen-bond donors (Lipinski definition) is 1. The highest BCUT2D eigenvalue weighted by molar-refractivity contribution is 7.98. The maximum atomic E-state index is 12.7. The van der Waals surface area contributed by atoms with Crippen molar-refractivity contribution >= 4 is 27.5 Å². The molecule has 0 saturated heterocycles. The monoisotopic (exact) mass is 316 g/mol.